The fraction of sp³-hybridized carbons (Fsp3) is 0.0417. The molecule has 0 N–H and O–H groups in total. The molecule has 4 rings (SSSR count). The smallest absolute Gasteiger partial charge is 0.343 e. The lowest BCUT2D eigenvalue weighted by Gasteiger charge is -2.13. The molecule has 166 valence electrons. The molecule has 0 aromatic heterocycles. The largest absolute Gasteiger partial charge is 0.423 e. The number of esters is 1. The standard InChI is InChI=1S/C24H14BrClFNO4S/c25-17-6-3-15(4-7-17)23(30)32-19-9-1-14(2-10-19)11-21-22(29)28(24(31)33-21)13-16-5-8-18(27)12-20(16)26/h1-12H,13H2/b21-11-. The summed E-state index contributed by atoms with van der Waals surface area (Å²) in [4.78, 5) is 38.6. The SMILES string of the molecule is O=C(Oc1ccc(/C=C2\SC(=O)N(Cc3ccc(F)cc3Cl)C2=O)cc1)c1ccc(Br)cc1. The Balaban J connectivity index is 1.44. The van der Waals surface area contributed by atoms with Gasteiger partial charge >= 0.3 is 5.97 Å². The van der Waals surface area contributed by atoms with Crippen LogP contribution in [0.15, 0.2) is 76.1 Å². The van der Waals surface area contributed by atoms with Crippen LogP contribution in [0.1, 0.15) is 21.5 Å². The Morgan fingerprint density at radius 3 is 2.42 bits per heavy atom. The molecule has 0 bridgehead atoms. The van der Waals surface area contributed by atoms with Gasteiger partial charge in [0.25, 0.3) is 11.1 Å². The van der Waals surface area contributed by atoms with E-state index in [-0.39, 0.29) is 16.5 Å². The minimum Gasteiger partial charge on any atom is -0.423 e. The lowest BCUT2D eigenvalue weighted by Crippen LogP contribution is -2.27. The van der Waals surface area contributed by atoms with E-state index in [1.165, 1.54) is 12.1 Å². The summed E-state index contributed by atoms with van der Waals surface area (Å²) in [6, 6.07) is 17.1. The quantitative estimate of drug-likeness (QED) is 0.202. The van der Waals surface area contributed by atoms with E-state index in [1.54, 1.807) is 54.6 Å². The van der Waals surface area contributed by atoms with E-state index < -0.39 is 22.9 Å². The van der Waals surface area contributed by atoms with Crippen LogP contribution in [-0.4, -0.2) is 22.0 Å². The van der Waals surface area contributed by atoms with Crippen LogP contribution >= 0.6 is 39.3 Å². The van der Waals surface area contributed by atoms with Crippen molar-refractivity contribution in [1.82, 2.24) is 4.90 Å². The summed E-state index contributed by atoms with van der Waals surface area (Å²) in [5.74, 6) is -1.10. The van der Waals surface area contributed by atoms with Crippen molar-refractivity contribution in [2.45, 2.75) is 6.54 Å². The van der Waals surface area contributed by atoms with Gasteiger partial charge in [-0.2, -0.15) is 0 Å². The van der Waals surface area contributed by atoms with Crippen molar-refractivity contribution in [3.05, 3.63) is 104 Å². The molecule has 0 atom stereocenters. The first-order valence-electron chi connectivity index (χ1n) is 9.57. The lowest BCUT2D eigenvalue weighted by atomic mass is 10.2. The highest BCUT2D eigenvalue weighted by atomic mass is 79.9. The van der Waals surface area contributed by atoms with E-state index in [0.717, 1.165) is 27.2 Å². The fourth-order valence-electron chi connectivity index (χ4n) is 2.99. The van der Waals surface area contributed by atoms with Crippen LogP contribution in [-0.2, 0) is 11.3 Å². The van der Waals surface area contributed by atoms with Gasteiger partial charge in [-0.05, 0) is 77.5 Å². The Kier molecular flexibility index (Phi) is 6.97. The van der Waals surface area contributed by atoms with Crippen LogP contribution in [0.25, 0.3) is 6.08 Å². The van der Waals surface area contributed by atoms with Crippen LogP contribution in [0, 0.1) is 5.82 Å². The van der Waals surface area contributed by atoms with Gasteiger partial charge in [0.1, 0.15) is 11.6 Å². The number of benzene rings is 3. The first kappa shape index (κ1) is 23.2. The maximum Gasteiger partial charge on any atom is 0.343 e. The topological polar surface area (TPSA) is 63.7 Å². The normalized spacial score (nSPS) is 14.8. The van der Waals surface area contributed by atoms with E-state index in [4.69, 9.17) is 16.3 Å². The highest BCUT2D eigenvalue weighted by Crippen LogP contribution is 2.34. The molecule has 33 heavy (non-hydrogen) atoms. The Morgan fingerprint density at radius 2 is 1.76 bits per heavy atom. The predicted molar refractivity (Wildman–Crippen MR) is 128 cm³/mol. The number of carbonyl (C=O) groups is 3. The number of rotatable bonds is 5. The molecule has 1 aliphatic rings. The summed E-state index contributed by atoms with van der Waals surface area (Å²) in [6.07, 6.45) is 1.58. The summed E-state index contributed by atoms with van der Waals surface area (Å²) in [7, 11) is 0. The number of halogens is 3. The molecule has 0 aliphatic carbocycles. The molecule has 0 spiro atoms. The van der Waals surface area contributed by atoms with E-state index in [0.29, 0.717) is 22.4 Å². The van der Waals surface area contributed by atoms with Gasteiger partial charge in [0.15, 0.2) is 0 Å². The zero-order valence-corrected chi connectivity index (χ0v) is 19.9. The minimum absolute atomic E-state index is 0.0495. The summed E-state index contributed by atoms with van der Waals surface area (Å²) >= 11 is 10.1. The molecule has 9 heteroatoms. The van der Waals surface area contributed by atoms with Crippen LogP contribution < -0.4 is 4.74 Å². The molecule has 2 amide bonds. The summed E-state index contributed by atoms with van der Waals surface area (Å²) < 4.78 is 19.5. The van der Waals surface area contributed by atoms with Crippen LogP contribution in [0.3, 0.4) is 0 Å². The number of carbonyl (C=O) groups excluding carboxylic acids is 3. The molecular formula is C24H14BrClFNO4S. The molecule has 3 aromatic carbocycles. The van der Waals surface area contributed by atoms with Gasteiger partial charge < -0.3 is 4.74 Å². The van der Waals surface area contributed by atoms with Crippen molar-refractivity contribution in [2.24, 2.45) is 0 Å². The average molecular weight is 547 g/mol. The second-order valence-corrected chi connectivity index (χ2v) is 9.29. The highest BCUT2D eigenvalue weighted by Gasteiger charge is 2.35. The van der Waals surface area contributed by atoms with Gasteiger partial charge in [0, 0.05) is 9.50 Å². The van der Waals surface area contributed by atoms with Gasteiger partial charge in [0.05, 0.1) is 17.0 Å². The number of imide groups is 1. The fourth-order valence-corrected chi connectivity index (χ4v) is 4.32. The Hall–Kier alpha value is -2.94. The number of hydrogen-bond acceptors (Lipinski definition) is 5. The van der Waals surface area contributed by atoms with Crippen molar-refractivity contribution in [3.8, 4) is 5.75 Å². The van der Waals surface area contributed by atoms with Gasteiger partial charge in [0.2, 0.25) is 0 Å². The van der Waals surface area contributed by atoms with Crippen LogP contribution in [0.2, 0.25) is 5.02 Å². The van der Waals surface area contributed by atoms with Crippen molar-refractivity contribution in [2.75, 3.05) is 0 Å². The molecule has 0 saturated carbocycles. The van der Waals surface area contributed by atoms with Gasteiger partial charge in [-0.15, -0.1) is 0 Å². The van der Waals surface area contributed by atoms with Crippen molar-refractivity contribution in [3.63, 3.8) is 0 Å². The molecule has 3 aromatic rings. The van der Waals surface area contributed by atoms with E-state index in [2.05, 4.69) is 15.9 Å². The summed E-state index contributed by atoms with van der Waals surface area (Å²) in [6.45, 7) is -0.0495. The number of amides is 2. The molecule has 1 fully saturated rings. The van der Waals surface area contributed by atoms with Crippen LogP contribution in [0.5, 0.6) is 5.75 Å². The first-order valence-corrected chi connectivity index (χ1v) is 11.6. The second kappa shape index (κ2) is 9.91. The summed E-state index contributed by atoms with van der Waals surface area (Å²) in [5, 5.41) is -0.294. The minimum atomic E-state index is -0.497. The predicted octanol–water partition coefficient (Wildman–Crippen LogP) is 6.70. The average Bonchev–Trinajstić information content (AvgIpc) is 3.04. The monoisotopic (exact) mass is 545 g/mol. The first-order chi connectivity index (χ1) is 15.8. The van der Waals surface area contributed by atoms with E-state index >= 15 is 0 Å². The molecule has 1 aliphatic heterocycles. The highest BCUT2D eigenvalue weighted by molar-refractivity contribution is 9.10. The molecular weight excluding hydrogens is 533 g/mol. The molecule has 0 radical (unpaired) electrons. The van der Waals surface area contributed by atoms with Crippen molar-refractivity contribution >= 4 is 62.5 Å². The van der Waals surface area contributed by atoms with Crippen molar-refractivity contribution in [1.29, 1.82) is 0 Å². The molecule has 5 nitrogen and oxygen atoms in total. The maximum atomic E-state index is 13.2. The Bertz CT molecular complexity index is 1280. The lowest BCUT2D eigenvalue weighted by molar-refractivity contribution is -0.123. The molecule has 0 unspecified atom stereocenters. The number of nitrogens with zero attached hydrogens (tertiary/aromatic N) is 1. The Labute approximate surface area is 206 Å². The number of thioether (sulfide) groups is 1. The van der Waals surface area contributed by atoms with E-state index in [1.807, 2.05) is 0 Å². The second-order valence-electron chi connectivity index (χ2n) is 6.97. The van der Waals surface area contributed by atoms with Gasteiger partial charge in [-0.3, -0.25) is 14.5 Å². The third-order valence-electron chi connectivity index (χ3n) is 4.69. The maximum absolute atomic E-state index is 13.2. The van der Waals surface area contributed by atoms with E-state index in [9.17, 15) is 18.8 Å². The van der Waals surface area contributed by atoms with Gasteiger partial charge in [-0.25, -0.2) is 9.18 Å². The third kappa shape index (κ3) is 5.52. The number of ether oxygens (including phenoxy) is 1. The molecule has 1 heterocycles. The zero-order chi connectivity index (χ0) is 23.5. The van der Waals surface area contributed by atoms with Crippen LogP contribution in [0.4, 0.5) is 9.18 Å². The Morgan fingerprint density at radius 1 is 1.06 bits per heavy atom. The van der Waals surface area contributed by atoms with Crippen molar-refractivity contribution < 1.29 is 23.5 Å². The van der Waals surface area contributed by atoms with Gasteiger partial charge in [-0.1, -0.05) is 45.7 Å². The molecule has 1 saturated heterocycles. The summed E-state index contributed by atoms with van der Waals surface area (Å²) in [5.41, 5.74) is 1.54. The number of hydrogen-bond donors (Lipinski definition) is 0. The zero-order valence-electron chi connectivity index (χ0n) is 16.8. The third-order valence-corrected chi connectivity index (χ3v) is 6.47.